The number of nitrogens with one attached hydrogen (secondary N) is 1. The van der Waals surface area contributed by atoms with Gasteiger partial charge >= 0.3 is 5.97 Å². The summed E-state index contributed by atoms with van der Waals surface area (Å²) in [6, 6.07) is 0.372. The highest BCUT2D eigenvalue weighted by Crippen LogP contribution is 2.25. The normalized spacial score (nSPS) is 24.0. The van der Waals surface area contributed by atoms with Crippen LogP contribution < -0.4 is 5.32 Å². The van der Waals surface area contributed by atoms with Crippen LogP contribution in [-0.2, 0) is 9.59 Å². The molecule has 1 saturated carbocycles. The third kappa shape index (κ3) is 3.98. The standard InChI is InChI=1S/C13H24N2O3/c1-9(2)15(10(3)16)12-7-5-4-6-11(12)14-8-13(17)18/h9,11-12,14H,4-8H2,1-3H3,(H,17,18)/t11-,12-/m1/s1. The van der Waals surface area contributed by atoms with Gasteiger partial charge in [0.25, 0.3) is 0 Å². The van der Waals surface area contributed by atoms with E-state index in [-0.39, 0.29) is 30.6 Å². The van der Waals surface area contributed by atoms with Crippen LogP contribution in [0.2, 0.25) is 0 Å². The Morgan fingerprint density at radius 1 is 1.33 bits per heavy atom. The van der Waals surface area contributed by atoms with E-state index in [0.717, 1.165) is 25.7 Å². The highest BCUT2D eigenvalue weighted by atomic mass is 16.4. The van der Waals surface area contributed by atoms with Crippen molar-refractivity contribution in [3.05, 3.63) is 0 Å². The second-order valence-corrected chi connectivity index (χ2v) is 5.25. The Balaban J connectivity index is 2.73. The van der Waals surface area contributed by atoms with E-state index in [0.29, 0.717) is 0 Å². The molecule has 104 valence electrons. The fourth-order valence-corrected chi connectivity index (χ4v) is 2.88. The average Bonchev–Trinajstić information content (AvgIpc) is 2.26. The predicted octanol–water partition coefficient (Wildman–Crippen LogP) is 1.23. The number of rotatable bonds is 5. The van der Waals surface area contributed by atoms with Crippen molar-refractivity contribution in [1.82, 2.24) is 10.2 Å². The lowest BCUT2D eigenvalue weighted by Gasteiger charge is -2.42. The summed E-state index contributed by atoms with van der Waals surface area (Å²) in [7, 11) is 0. The zero-order valence-electron chi connectivity index (χ0n) is 11.5. The van der Waals surface area contributed by atoms with Gasteiger partial charge in [-0.15, -0.1) is 0 Å². The topological polar surface area (TPSA) is 69.6 Å². The lowest BCUT2D eigenvalue weighted by atomic mass is 9.88. The molecule has 2 N–H and O–H groups in total. The number of carbonyl (C=O) groups is 2. The number of carbonyl (C=O) groups excluding carboxylic acids is 1. The summed E-state index contributed by atoms with van der Waals surface area (Å²) in [5, 5.41) is 11.8. The molecule has 0 aromatic rings. The molecule has 0 unspecified atom stereocenters. The first-order valence-corrected chi connectivity index (χ1v) is 6.67. The van der Waals surface area contributed by atoms with Gasteiger partial charge in [0.05, 0.1) is 6.54 Å². The van der Waals surface area contributed by atoms with E-state index in [9.17, 15) is 9.59 Å². The molecule has 0 aromatic heterocycles. The van der Waals surface area contributed by atoms with Crippen LogP contribution in [0, 0.1) is 0 Å². The Kier molecular flexibility index (Phi) is 5.59. The van der Waals surface area contributed by atoms with Crippen LogP contribution in [0.15, 0.2) is 0 Å². The summed E-state index contributed by atoms with van der Waals surface area (Å²) in [6.45, 7) is 5.56. The molecule has 5 heteroatoms. The molecule has 0 aromatic carbocycles. The molecule has 0 radical (unpaired) electrons. The molecule has 1 aliphatic rings. The van der Waals surface area contributed by atoms with Crippen molar-refractivity contribution in [1.29, 1.82) is 0 Å². The number of carboxylic acid groups (broad SMARTS) is 1. The van der Waals surface area contributed by atoms with Crippen molar-refractivity contribution in [3.8, 4) is 0 Å². The molecular formula is C13H24N2O3. The minimum atomic E-state index is -0.849. The van der Waals surface area contributed by atoms with Crippen LogP contribution in [0.1, 0.15) is 46.5 Å². The summed E-state index contributed by atoms with van der Waals surface area (Å²) in [6.07, 6.45) is 4.09. The number of hydrogen-bond donors (Lipinski definition) is 2. The lowest BCUT2D eigenvalue weighted by Crippen LogP contribution is -2.56. The maximum Gasteiger partial charge on any atom is 0.317 e. The van der Waals surface area contributed by atoms with Gasteiger partial charge in [0.1, 0.15) is 0 Å². The minimum absolute atomic E-state index is 0.0367. The zero-order valence-corrected chi connectivity index (χ0v) is 11.5. The largest absolute Gasteiger partial charge is 0.480 e. The summed E-state index contributed by atoms with van der Waals surface area (Å²) in [5.74, 6) is -0.780. The molecule has 1 amide bonds. The SMILES string of the molecule is CC(=O)N(C(C)C)[C@@H]1CCCC[C@H]1NCC(=O)O. The summed E-state index contributed by atoms with van der Waals surface area (Å²) in [5.41, 5.74) is 0. The van der Waals surface area contributed by atoms with Gasteiger partial charge in [0.2, 0.25) is 5.91 Å². The van der Waals surface area contributed by atoms with Gasteiger partial charge in [-0.1, -0.05) is 12.8 Å². The fraction of sp³-hybridized carbons (Fsp3) is 0.846. The van der Waals surface area contributed by atoms with Gasteiger partial charge in [0.15, 0.2) is 0 Å². The Bertz CT molecular complexity index is 305. The summed E-state index contributed by atoms with van der Waals surface area (Å²) < 4.78 is 0. The molecule has 2 atom stereocenters. The van der Waals surface area contributed by atoms with Crippen molar-refractivity contribution >= 4 is 11.9 Å². The van der Waals surface area contributed by atoms with E-state index in [1.165, 1.54) is 0 Å². The van der Waals surface area contributed by atoms with Crippen LogP contribution in [-0.4, -0.2) is 46.6 Å². The highest BCUT2D eigenvalue weighted by Gasteiger charge is 2.32. The van der Waals surface area contributed by atoms with Crippen molar-refractivity contribution in [2.24, 2.45) is 0 Å². The first-order valence-electron chi connectivity index (χ1n) is 6.67. The molecule has 1 aliphatic carbocycles. The second kappa shape index (κ2) is 6.73. The van der Waals surface area contributed by atoms with E-state index in [2.05, 4.69) is 5.32 Å². The predicted molar refractivity (Wildman–Crippen MR) is 69.3 cm³/mol. The Labute approximate surface area is 109 Å². The fourth-order valence-electron chi connectivity index (χ4n) is 2.88. The number of aliphatic carboxylic acids is 1. The van der Waals surface area contributed by atoms with E-state index in [4.69, 9.17) is 5.11 Å². The van der Waals surface area contributed by atoms with E-state index < -0.39 is 5.97 Å². The summed E-state index contributed by atoms with van der Waals surface area (Å²) >= 11 is 0. The molecule has 1 fully saturated rings. The number of hydrogen-bond acceptors (Lipinski definition) is 3. The van der Waals surface area contributed by atoms with Gasteiger partial charge in [-0.25, -0.2) is 0 Å². The molecule has 5 nitrogen and oxygen atoms in total. The van der Waals surface area contributed by atoms with Crippen LogP contribution in [0.4, 0.5) is 0 Å². The van der Waals surface area contributed by atoms with Gasteiger partial charge < -0.3 is 15.3 Å². The maximum absolute atomic E-state index is 11.8. The number of carboxylic acids is 1. The number of amides is 1. The quantitative estimate of drug-likeness (QED) is 0.776. The highest BCUT2D eigenvalue weighted by molar-refractivity contribution is 5.74. The van der Waals surface area contributed by atoms with Crippen LogP contribution >= 0.6 is 0 Å². The number of nitrogens with zero attached hydrogens (tertiary/aromatic N) is 1. The van der Waals surface area contributed by atoms with Gasteiger partial charge in [0, 0.05) is 25.0 Å². The van der Waals surface area contributed by atoms with Crippen LogP contribution in [0.5, 0.6) is 0 Å². The smallest absolute Gasteiger partial charge is 0.317 e. The molecule has 1 rings (SSSR count). The first kappa shape index (κ1) is 15.0. The molecule has 0 spiro atoms. The van der Waals surface area contributed by atoms with Crippen molar-refractivity contribution in [2.75, 3.05) is 6.54 Å². The Hall–Kier alpha value is -1.10. The van der Waals surface area contributed by atoms with Gasteiger partial charge in [-0.3, -0.25) is 9.59 Å². The molecule has 0 aliphatic heterocycles. The van der Waals surface area contributed by atoms with Gasteiger partial charge in [-0.2, -0.15) is 0 Å². The third-order valence-electron chi connectivity index (χ3n) is 3.52. The monoisotopic (exact) mass is 256 g/mol. The average molecular weight is 256 g/mol. The van der Waals surface area contributed by atoms with Crippen LogP contribution in [0.25, 0.3) is 0 Å². The minimum Gasteiger partial charge on any atom is -0.480 e. The van der Waals surface area contributed by atoms with Crippen molar-refractivity contribution < 1.29 is 14.7 Å². The van der Waals surface area contributed by atoms with E-state index in [1.807, 2.05) is 18.7 Å². The molecule has 18 heavy (non-hydrogen) atoms. The maximum atomic E-state index is 11.8. The van der Waals surface area contributed by atoms with Gasteiger partial charge in [-0.05, 0) is 26.7 Å². The molecule has 0 heterocycles. The molecular weight excluding hydrogens is 232 g/mol. The Morgan fingerprint density at radius 3 is 2.44 bits per heavy atom. The Morgan fingerprint density at radius 2 is 1.94 bits per heavy atom. The molecule has 0 saturated heterocycles. The van der Waals surface area contributed by atoms with Crippen molar-refractivity contribution in [3.63, 3.8) is 0 Å². The van der Waals surface area contributed by atoms with Crippen LogP contribution in [0.3, 0.4) is 0 Å². The third-order valence-corrected chi connectivity index (χ3v) is 3.52. The zero-order chi connectivity index (χ0) is 13.7. The first-order chi connectivity index (χ1) is 8.43. The lowest BCUT2D eigenvalue weighted by molar-refractivity contribution is -0.136. The van der Waals surface area contributed by atoms with Crippen molar-refractivity contribution in [2.45, 2.75) is 64.6 Å². The summed E-state index contributed by atoms with van der Waals surface area (Å²) in [4.78, 5) is 24.3. The molecule has 0 bridgehead atoms. The second-order valence-electron chi connectivity index (χ2n) is 5.25. The van der Waals surface area contributed by atoms with E-state index in [1.54, 1.807) is 6.92 Å². The van der Waals surface area contributed by atoms with E-state index >= 15 is 0 Å².